The molecule has 0 aliphatic heterocycles. The number of anilines is 2. The van der Waals surface area contributed by atoms with E-state index in [2.05, 4.69) is 5.32 Å². The normalized spacial score (nSPS) is 9.71. The third-order valence-corrected chi connectivity index (χ3v) is 2.95. The molecule has 2 aromatic carbocycles. The Kier molecular flexibility index (Phi) is 4.64. The highest BCUT2D eigenvalue weighted by Gasteiger charge is 2.08. The summed E-state index contributed by atoms with van der Waals surface area (Å²) in [7, 11) is 0. The van der Waals surface area contributed by atoms with Gasteiger partial charge in [-0.25, -0.2) is 0 Å². The molecule has 0 spiro atoms. The lowest BCUT2D eigenvalue weighted by Gasteiger charge is -2.09. The predicted octanol–water partition coefficient (Wildman–Crippen LogP) is 2.81. The number of nitrogens with zero attached hydrogens (tertiary/aromatic N) is 1. The molecule has 0 aliphatic rings. The highest BCUT2D eigenvalue weighted by Crippen LogP contribution is 2.22. The molecule has 5 nitrogen and oxygen atoms in total. The van der Waals surface area contributed by atoms with Crippen molar-refractivity contribution in [3.63, 3.8) is 0 Å². The Labute approximate surface area is 126 Å². The lowest BCUT2D eigenvalue weighted by molar-refractivity contribution is -0.118. The van der Waals surface area contributed by atoms with Crippen molar-refractivity contribution in [1.82, 2.24) is 0 Å². The van der Waals surface area contributed by atoms with Crippen molar-refractivity contribution in [3.05, 3.63) is 53.1 Å². The van der Waals surface area contributed by atoms with E-state index in [9.17, 15) is 4.79 Å². The summed E-state index contributed by atoms with van der Waals surface area (Å²) >= 11 is 5.95. The van der Waals surface area contributed by atoms with E-state index in [0.717, 1.165) is 0 Å². The molecule has 0 saturated heterocycles. The molecule has 6 heteroatoms. The van der Waals surface area contributed by atoms with Gasteiger partial charge in [-0.2, -0.15) is 5.26 Å². The average molecular weight is 302 g/mol. The first-order valence-electron chi connectivity index (χ1n) is 6.06. The summed E-state index contributed by atoms with van der Waals surface area (Å²) in [5, 5.41) is 11.8. The van der Waals surface area contributed by atoms with E-state index in [-0.39, 0.29) is 12.5 Å². The Balaban J connectivity index is 1.96. The zero-order valence-electron chi connectivity index (χ0n) is 11.0. The quantitative estimate of drug-likeness (QED) is 0.850. The van der Waals surface area contributed by atoms with Crippen LogP contribution in [0.4, 0.5) is 11.4 Å². The van der Waals surface area contributed by atoms with Gasteiger partial charge in [0.1, 0.15) is 5.75 Å². The van der Waals surface area contributed by atoms with Crippen molar-refractivity contribution in [2.24, 2.45) is 0 Å². The van der Waals surface area contributed by atoms with Gasteiger partial charge < -0.3 is 15.8 Å². The molecule has 0 atom stereocenters. The number of hydrogen-bond acceptors (Lipinski definition) is 4. The summed E-state index contributed by atoms with van der Waals surface area (Å²) in [5.41, 5.74) is 6.96. The van der Waals surface area contributed by atoms with Crippen LogP contribution in [-0.2, 0) is 4.79 Å². The zero-order valence-corrected chi connectivity index (χ0v) is 11.7. The monoisotopic (exact) mass is 301 g/mol. The molecule has 0 fully saturated rings. The molecule has 0 aliphatic carbocycles. The maximum atomic E-state index is 11.8. The van der Waals surface area contributed by atoms with E-state index in [4.69, 9.17) is 27.3 Å². The minimum absolute atomic E-state index is 0.170. The third kappa shape index (κ3) is 4.13. The van der Waals surface area contributed by atoms with Gasteiger partial charge in [-0.1, -0.05) is 11.6 Å². The second-order valence-electron chi connectivity index (χ2n) is 4.21. The van der Waals surface area contributed by atoms with Crippen LogP contribution in [0.3, 0.4) is 0 Å². The minimum atomic E-state index is -0.371. The average Bonchev–Trinajstić information content (AvgIpc) is 2.49. The number of carbonyl (C=O) groups excluding carboxylic acids is 1. The number of nitriles is 1. The Morgan fingerprint density at radius 1 is 1.29 bits per heavy atom. The predicted molar refractivity (Wildman–Crippen MR) is 81.1 cm³/mol. The number of halogens is 1. The molecule has 21 heavy (non-hydrogen) atoms. The molecular formula is C15H12ClN3O2. The number of nitrogens with two attached hydrogens (primary N) is 1. The van der Waals surface area contributed by atoms with E-state index in [1.54, 1.807) is 36.4 Å². The SMILES string of the molecule is N#Cc1ccc(Cl)c(NC(=O)COc2ccc(N)cc2)c1. The number of ether oxygens (including phenoxy) is 1. The van der Waals surface area contributed by atoms with E-state index >= 15 is 0 Å². The van der Waals surface area contributed by atoms with Gasteiger partial charge >= 0.3 is 0 Å². The van der Waals surface area contributed by atoms with Crippen molar-refractivity contribution >= 4 is 28.9 Å². The van der Waals surface area contributed by atoms with Gasteiger partial charge in [-0.3, -0.25) is 4.79 Å². The van der Waals surface area contributed by atoms with Crippen LogP contribution in [0.15, 0.2) is 42.5 Å². The fraction of sp³-hybridized carbons (Fsp3) is 0.0667. The summed E-state index contributed by atoms with van der Waals surface area (Å²) in [4.78, 5) is 11.8. The third-order valence-electron chi connectivity index (χ3n) is 2.62. The number of benzene rings is 2. The molecule has 2 aromatic rings. The van der Waals surface area contributed by atoms with E-state index in [1.165, 1.54) is 6.07 Å². The largest absolute Gasteiger partial charge is 0.484 e. The van der Waals surface area contributed by atoms with E-state index < -0.39 is 0 Å². The highest BCUT2D eigenvalue weighted by molar-refractivity contribution is 6.33. The van der Waals surface area contributed by atoms with Gasteiger partial charge in [0.25, 0.3) is 5.91 Å². The first kappa shape index (κ1) is 14.7. The van der Waals surface area contributed by atoms with Crippen molar-refractivity contribution < 1.29 is 9.53 Å². The molecule has 106 valence electrons. The van der Waals surface area contributed by atoms with Crippen molar-refractivity contribution in [2.45, 2.75) is 0 Å². The van der Waals surface area contributed by atoms with Crippen molar-refractivity contribution in [1.29, 1.82) is 5.26 Å². The lowest BCUT2D eigenvalue weighted by atomic mass is 10.2. The molecule has 2 rings (SSSR count). The summed E-state index contributed by atoms with van der Waals surface area (Å²) in [6.45, 7) is -0.170. The summed E-state index contributed by atoms with van der Waals surface area (Å²) in [5.74, 6) is 0.167. The van der Waals surface area contributed by atoms with Gasteiger partial charge in [-0.05, 0) is 42.5 Å². The summed E-state index contributed by atoms with van der Waals surface area (Å²) < 4.78 is 5.32. The molecule has 0 heterocycles. The molecule has 0 saturated carbocycles. The zero-order chi connectivity index (χ0) is 15.2. The van der Waals surface area contributed by atoms with Crippen LogP contribution in [0.5, 0.6) is 5.75 Å². The fourth-order valence-corrected chi connectivity index (χ4v) is 1.75. The van der Waals surface area contributed by atoms with E-state index in [0.29, 0.717) is 27.7 Å². The van der Waals surface area contributed by atoms with Gasteiger partial charge in [0.05, 0.1) is 22.3 Å². The van der Waals surface area contributed by atoms with Gasteiger partial charge in [0.15, 0.2) is 6.61 Å². The molecule has 0 aromatic heterocycles. The second kappa shape index (κ2) is 6.64. The smallest absolute Gasteiger partial charge is 0.262 e. The molecule has 0 bridgehead atoms. The van der Waals surface area contributed by atoms with Crippen LogP contribution < -0.4 is 15.8 Å². The summed E-state index contributed by atoms with van der Waals surface area (Å²) in [6.07, 6.45) is 0. The van der Waals surface area contributed by atoms with Crippen LogP contribution in [0.25, 0.3) is 0 Å². The van der Waals surface area contributed by atoms with Crippen LogP contribution in [-0.4, -0.2) is 12.5 Å². The van der Waals surface area contributed by atoms with Gasteiger partial charge in [0, 0.05) is 5.69 Å². The molecule has 0 unspecified atom stereocenters. The lowest BCUT2D eigenvalue weighted by Crippen LogP contribution is -2.20. The van der Waals surface area contributed by atoms with Crippen molar-refractivity contribution in [2.75, 3.05) is 17.7 Å². The van der Waals surface area contributed by atoms with Crippen molar-refractivity contribution in [3.8, 4) is 11.8 Å². The minimum Gasteiger partial charge on any atom is -0.484 e. The second-order valence-corrected chi connectivity index (χ2v) is 4.62. The number of amides is 1. The topological polar surface area (TPSA) is 88.1 Å². The highest BCUT2D eigenvalue weighted by atomic mass is 35.5. The standard InChI is InChI=1S/C15H12ClN3O2/c16-13-6-1-10(8-17)7-14(13)19-15(20)9-21-12-4-2-11(18)3-5-12/h1-7H,9,18H2,(H,19,20). The Hall–Kier alpha value is -2.71. The number of nitrogen functional groups attached to an aromatic ring is 1. The fourth-order valence-electron chi connectivity index (χ4n) is 1.59. The Morgan fingerprint density at radius 2 is 2.00 bits per heavy atom. The number of hydrogen-bond donors (Lipinski definition) is 2. The van der Waals surface area contributed by atoms with Crippen LogP contribution in [0.1, 0.15) is 5.56 Å². The van der Waals surface area contributed by atoms with Crippen LogP contribution in [0, 0.1) is 11.3 Å². The maximum Gasteiger partial charge on any atom is 0.262 e. The summed E-state index contributed by atoms with van der Waals surface area (Å²) in [6, 6.07) is 13.3. The van der Waals surface area contributed by atoms with Crippen LogP contribution in [0.2, 0.25) is 5.02 Å². The Morgan fingerprint density at radius 3 is 2.67 bits per heavy atom. The molecule has 1 amide bonds. The molecule has 3 N–H and O–H groups in total. The Bertz CT molecular complexity index is 693. The van der Waals surface area contributed by atoms with E-state index in [1.807, 2.05) is 6.07 Å². The van der Waals surface area contributed by atoms with Gasteiger partial charge in [-0.15, -0.1) is 0 Å². The number of carbonyl (C=O) groups is 1. The first-order valence-corrected chi connectivity index (χ1v) is 6.44. The first-order chi connectivity index (χ1) is 10.1. The number of nitrogens with one attached hydrogen (secondary N) is 1. The maximum absolute atomic E-state index is 11.8. The number of rotatable bonds is 4. The van der Waals surface area contributed by atoms with Crippen LogP contribution >= 0.6 is 11.6 Å². The molecule has 0 radical (unpaired) electrons. The van der Waals surface area contributed by atoms with Gasteiger partial charge in [0.2, 0.25) is 0 Å². The molecular weight excluding hydrogens is 290 g/mol.